The normalized spacial score (nSPS) is 17.2. The summed E-state index contributed by atoms with van der Waals surface area (Å²) in [5.41, 5.74) is 22.2. The topological polar surface area (TPSA) is 235 Å². The third kappa shape index (κ3) is 9.30. The molecule has 0 saturated carbocycles. The summed E-state index contributed by atoms with van der Waals surface area (Å²) in [6, 6.07) is 16.3. The van der Waals surface area contributed by atoms with Crippen LogP contribution in [-0.4, -0.2) is 87.8 Å². The second-order valence-corrected chi connectivity index (χ2v) is 17.3. The first-order valence-electron chi connectivity index (χ1n) is 20.3. The number of aliphatic imine (C=N–C) groups is 1. The fraction of sp³-hybridized carbons (Fsp3) is 0.267. The molecule has 16 nitrogen and oxygen atoms in total. The van der Waals surface area contributed by atoms with Crippen LogP contribution in [0.1, 0.15) is 46.8 Å². The summed E-state index contributed by atoms with van der Waals surface area (Å²) in [6.45, 7) is 4.71. The number of methoxy groups -OCH3 is 2. The van der Waals surface area contributed by atoms with Gasteiger partial charge in [-0.1, -0.05) is 47.1 Å². The Labute approximate surface area is 387 Å². The van der Waals surface area contributed by atoms with Crippen molar-refractivity contribution in [1.82, 2.24) is 24.9 Å². The number of nitrogens with zero attached hydrogens (tertiary/aromatic N) is 7. The number of nitrogens with two attached hydrogens (primary N) is 3. The van der Waals surface area contributed by atoms with E-state index in [-0.39, 0.29) is 52.7 Å². The van der Waals surface area contributed by atoms with Gasteiger partial charge < -0.3 is 46.7 Å². The standard InChI is InChI=1S/C27H20ClFN4O4.C18H24ClN7OS/c1-36-21-5-3-4-20(29)23(21)25-19-10-15(28)6-8-17(19)24-14(12-30-25)13-31-27(33-24)32-16-7-9-18(26(34)35)22(11-16)37-2;1-10-14(20)18(9-27-10)3-6-26(7-4-18)12-8-24-17(16(22)25-12)28-11-2-5-23-15(21)13(11)19/h3-11,13H,12H2,1-2H3,(H,34,35)(H,31,32,33);2,5,8,10,14H,3-4,6-7,9,20H2,1H3,(H2,21,23)(H2,22,25). The average Bonchev–Trinajstić information content (AvgIpc) is 3.47. The molecule has 65 heavy (non-hydrogen) atoms. The van der Waals surface area contributed by atoms with Gasteiger partial charge in [0, 0.05) is 75.3 Å². The molecular formula is C45H44Cl2FN11O5S. The zero-order chi connectivity index (χ0) is 46.0. The number of halogens is 3. The summed E-state index contributed by atoms with van der Waals surface area (Å²) in [4.78, 5) is 41.2. The van der Waals surface area contributed by atoms with Crippen LogP contribution >= 0.6 is 35.0 Å². The number of carboxylic acids is 1. The van der Waals surface area contributed by atoms with E-state index in [0.29, 0.717) is 54.9 Å². The van der Waals surface area contributed by atoms with Gasteiger partial charge in [0.1, 0.15) is 39.5 Å². The summed E-state index contributed by atoms with van der Waals surface area (Å²) in [7, 11) is 2.87. The number of hydrogen-bond acceptors (Lipinski definition) is 16. The van der Waals surface area contributed by atoms with Crippen molar-refractivity contribution >= 4 is 75.7 Å². The summed E-state index contributed by atoms with van der Waals surface area (Å²) in [6.07, 6.45) is 7.07. The van der Waals surface area contributed by atoms with Crippen LogP contribution < -0.4 is 36.9 Å². The average molecular weight is 941 g/mol. The molecule has 2 fully saturated rings. The summed E-state index contributed by atoms with van der Waals surface area (Å²) >= 11 is 13.9. The molecule has 0 aliphatic carbocycles. The van der Waals surface area contributed by atoms with Gasteiger partial charge in [-0.3, -0.25) is 4.99 Å². The van der Waals surface area contributed by atoms with Crippen LogP contribution in [0.25, 0.3) is 11.3 Å². The number of carbonyl (C=O) groups is 1. The third-order valence-corrected chi connectivity index (χ3v) is 13.5. The Bertz CT molecular complexity index is 2810. The lowest BCUT2D eigenvalue weighted by Gasteiger charge is -2.41. The van der Waals surface area contributed by atoms with Crippen molar-refractivity contribution in [3.63, 3.8) is 0 Å². The Morgan fingerprint density at radius 1 is 0.969 bits per heavy atom. The highest BCUT2D eigenvalue weighted by Gasteiger charge is 2.47. The van der Waals surface area contributed by atoms with Gasteiger partial charge in [0.2, 0.25) is 5.95 Å². The first kappa shape index (κ1) is 45.3. The fourth-order valence-corrected chi connectivity index (χ4v) is 9.26. The van der Waals surface area contributed by atoms with Crippen molar-refractivity contribution in [2.45, 2.75) is 48.4 Å². The van der Waals surface area contributed by atoms with Gasteiger partial charge in [-0.25, -0.2) is 34.1 Å². The molecule has 0 amide bonds. The zero-order valence-corrected chi connectivity index (χ0v) is 37.7. The molecule has 336 valence electrons. The maximum absolute atomic E-state index is 15.0. The second kappa shape index (κ2) is 19.0. The van der Waals surface area contributed by atoms with Crippen LogP contribution in [-0.2, 0) is 11.3 Å². The predicted octanol–water partition coefficient (Wildman–Crippen LogP) is 7.92. The smallest absolute Gasteiger partial charge is 0.339 e. The lowest BCUT2D eigenvalue weighted by molar-refractivity contribution is 0.0693. The van der Waals surface area contributed by atoms with Gasteiger partial charge >= 0.3 is 5.97 Å². The lowest BCUT2D eigenvalue weighted by atomic mass is 9.73. The maximum Gasteiger partial charge on any atom is 0.339 e. The van der Waals surface area contributed by atoms with Crippen LogP contribution in [0, 0.1) is 11.2 Å². The van der Waals surface area contributed by atoms with Crippen LogP contribution in [0.5, 0.6) is 11.5 Å². The Kier molecular flexibility index (Phi) is 13.3. The predicted molar refractivity (Wildman–Crippen MR) is 250 cm³/mol. The number of aromatic carboxylic acids is 1. The fourth-order valence-electron chi connectivity index (χ4n) is 8.07. The van der Waals surface area contributed by atoms with Crippen molar-refractivity contribution in [2.75, 3.05) is 55.6 Å². The van der Waals surface area contributed by atoms with E-state index in [1.165, 1.54) is 38.1 Å². The largest absolute Gasteiger partial charge is 0.496 e. The van der Waals surface area contributed by atoms with Crippen molar-refractivity contribution < 1.29 is 28.5 Å². The molecule has 0 bridgehead atoms. The monoisotopic (exact) mass is 939 g/mol. The SMILES string of the molecule is CC1OCC2(CCN(c3cnc(Sc4ccnc(N)c4Cl)c(N)n3)CC2)C1N.COc1cc(Nc2ncc3c(n2)-c2ccc(Cl)cc2C(c2c(F)cccc2OC)=NC3)ccc1C(=O)O. The van der Waals surface area contributed by atoms with E-state index in [9.17, 15) is 9.90 Å². The zero-order valence-electron chi connectivity index (χ0n) is 35.4. The number of nitrogens with one attached hydrogen (secondary N) is 1. The van der Waals surface area contributed by atoms with Gasteiger partial charge in [-0.2, -0.15) is 0 Å². The molecular weight excluding hydrogens is 897 g/mol. The minimum Gasteiger partial charge on any atom is -0.496 e. The molecule has 9 rings (SSSR count). The van der Waals surface area contributed by atoms with Crippen LogP contribution in [0.4, 0.5) is 33.5 Å². The molecule has 2 atom stereocenters. The number of piperidine rings is 1. The van der Waals surface area contributed by atoms with Gasteiger partial charge in [0.25, 0.3) is 0 Å². The Morgan fingerprint density at radius 2 is 1.75 bits per heavy atom. The highest BCUT2D eigenvalue weighted by molar-refractivity contribution is 7.99. The maximum atomic E-state index is 15.0. The van der Waals surface area contributed by atoms with Gasteiger partial charge in [0.05, 0.1) is 61.7 Å². The number of rotatable bonds is 9. The summed E-state index contributed by atoms with van der Waals surface area (Å²) in [5, 5.41) is 13.9. The molecule has 2 saturated heterocycles. The number of aromatic nitrogens is 5. The van der Waals surface area contributed by atoms with E-state index in [1.807, 2.05) is 6.07 Å². The number of fused-ring (bicyclic) bond motifs is 3. The van der Waals surface area contributed by atoms with Crippen molar-refractivity contribution in [1.29, 1.82) is 0 Å². The third-order valence-electron chi connectivity index (χ3n) is 11.7. The minimum atomic E-state index is -1.10. The molecule has 3 aliphatic rings. The number of hydrogen-bond donors (Lipinski definition) is 5. The Morgan fingerprint density at radius 3 is 2.46 bits per heavy atom. The highest BCUT2D eigenvalue weighted by atomic mass is 35.5. The second-order valence-electron chi connectivity index (χ2n) is 15.5. The Hall–Kier alpha value is -6.31. The van der Waals surface area contributed by atoms with E-state index in [2.05, 4.69) is 37.1 Å². The van der Waals surface area contributed by atoms with E-state index < -0.39 is 11.8 Å². The van der Waals surface area contributed by atoms with Crippen LogP contribution in [0.3, 0.4) is 0 Å². The van der Waals surface area contributed by atoms with E-state index in [1.54, 1.807) is 61.1 Å². The molecule has 3 aromatic heterocycles. The van der Waals surface area contributed by atoms with Gasteiger partial charge in [-0.05, 0) is 62.2 Å². The van der Waals surface area contributed by atoms with Crippen LogP contribution in [0.15, 0.2) is 94.2 Å². The summed E-state index contributed by atoms with van der Waals surface area (Å²) in [5.74, 6) is 0.676. The Balaban J connectivity index is 0.000000184. The quantitative estimate of drug-likeness (QED) is 0.0926. The molecule has 3 aliphatic heterocycles. The molecule has 6 aromatic rings. The number of ether oxygens (including phenoxy) is 3. The van der Waals surface area contributed by atoms with Crippen molar-refractivity contribution in [3.8, 4) is 22.8 Å². The van der Waals surface area contributed by atoms with E-state index in [0.717, 1.165) is 48.8 Å². The molecule has 1 spiro atoms. The molecule has 8 N–H and O–H groups in total. The lowest BCUT2D eigenvalue weighted by Crippen LogP contribution is -2.50. The number of carboxylic acid groups (broad SMARTS) is 1. The van der Waals surface area contributed by atoms with Gasteiger partial charge in [0.15, 0.2) is 5.82 Å². The number of pyridine rings is 1. The number of anilines is 5. The van der Waals surface area contributed by atoms with Crippen molar-refractivity contribution in [2.24, 2.45) is 16.1 Å². The first-order chi connectivity index (χ1) is 31.3. The number of benzene rings is 3. The molecule has 3 aromatic carbocycles. The van der Waals surface area contributed by atoms with E-state index in [4.69, 9.17) is 64.6 Å². The minimum absolute atomic E-state index is 0.0370. The van der Waals surface area contributed by atoms with E-state index >= 15 is 4.39 Å². The molecule has 20 heteroatoms. The molecule has 2 unspecified atom stereocenters. The summed E-state index contributed by atoms with van der Waals surface area (Å²) < 4.78 is 31.5. The van der Waals surface area contributed by atoms with Gasteiger partial charge in [-0.15, -0.1) is 0 Å². The number of nitrogen functional groups attached to an aromatic ring is 2. The first-order valence-corrected chi connectivity index (χ1v) is 21.9. The molecule has 0 radical (unpaired) electrons. The molecule has 6 heterocycles. The highest BCUT2D eigenvalue weighted by Crippen LogP contribution is 2.43. The van der Waals surface area contributed by atoms with Crippen LogP contribution in [0.2, 0.25) is 10.0 Å². The van der Waals surface area contributed by atoms with Crippen molar-refractivity contribution in [3.05, 3.63) is 117 Å².